The number of halogens is 2. The second-order valence-electron chi connectivity index (χ2n) is 3.60. The van der Waals surface area contributed by atoms with E-state index in [0.717, 1.165) is 18.2 Å². The van der Waals surface area contributed by atoms with Crippen molar-refractivity contribution in [3.63, 3.8) is 0 Å². The second-order valence-corrected chi connectivity index (χ2v) is 3.60. The van der Waals surface area contributed by atoms with Crippen LogP contribution in [0.25, 0.3) is 22.4 Å². The van der Waals surface area contributed by atoms with Crippen molar-refractivity contribution in [2.45, 2.75) is 0 Å². The first-order valence-electron chi connectivity index (χ1n) is 4.99. The number of benzene rings is 1. The third-order valence-corrected chi connectivity index (χ3v) is 2.47. The van der Waals surface area contributed by atoms with Crippen LogP contribution in [0.15, 0.2) is 36.7 Å². The Morgan fingerprint density at radius 3 is 2.82 bits per heavy atom. The van der Waals surface area contributed by atoms with Crippen molar-refractivity contribution in [2.24, 2.45) is 0 Å². The summed E-state index contributed by atoms with van der Waals surface area (Å²) in [4.78, 5) is 11.0. The zero-order valence-electron chi connectivity index (χ0n) is 8.61. The molecule has 0 aliphatic rings. The van der Waals surface area contributed by atoms with Gasteiger partial charge in [-0.2, -0.15) is 0 Å². The lowest BCUT2D eigenvalue weighted by Gasteiger charge is -1.98. The number of fused-ring (bicyclic) bond motifs is 1. The van der Waals surface area contributed by atoms with Gasteiger partial charge in [0.05, 0.1) is 22.8 Å². The van der Waals surface area contributed by atoms with Gasteiger partial charge in [0.2, 0.25) is 0 Å². The summed E-state index contributed by atoms with van der Waals surface area (Å²) in [7, 11) is 0. The number of nitrogens with zero attached hydrogens (tertiary/aromatic N) is 2. The minimum Gasteiger partial charge on any atom is -0.337 e. The molecule has 0 unspecified atom stereocenters. The van der Waals surface area contributed by atoms with E-state index < -0.39 is 11.6 Å². The molecule has 3 nitrogen and oxygen atoms in total. The van der Waals surface area contributed by atoms with Crippen molar-refractivity contribution < 1.29 is 8.78 Å². The largest absolute Gasteiger partial charge is 0.337 e. The molecule has 0 aliphatic heterocycles. The van der Waals surface area contributed by atoms with Crippen LogP contribution in [-0.2, 0) is 0 Å². The van der Waals surface area contributed by atoms with Crippen molar-refractivity contribution in [3.8, 4) is 11.4 Å². The molecule has 0 atom stereocenters. The van der Waals surface area contributed by atoms with E-state index in [1.54, 1.807) is 18.5 Å². The van der Waals surface area contributed by atoms with Crippen molar-refractivity contribution in [1.82, 2.24) is 15.0 Å². The first-order valence-corrected chi connectivity index (χ1v) is 4.99. The standard InChI is InChI=1S/C12H7F2N3/c13-7-1-2-9(14)8(5-7)12-16-10-3-4-15-6-11(10)17-12/h1-6H,(H,16,17). The topological polar surface area (TPSA) is 41.6 Å². The van der Waals surface area contributed by atoms with E-state index in [1.807, 2.05) is 0 Å². The van der Waals surface area contributed by atoms with Gasteiger partial charge >= 0.3 is 0 Å². The molecule has 3 aromatic rings. The maximum atomic E-state index is 13.5. The maximum Gasteiger partial charge on any atom is 0.141 e. The summed E-state index contributed by atoms with van der Waals surface area (Å²) in [6.07, 6.45) is 3.18. The van der Waals surface area contributed by atoms with Crippen LogP contribution < -0.4 is 0 Å². The summed E-state index contributed by atoms with van der Waals surface area (Å²) in [5.41, 5.74) is 1.46. The van der Waals surface area contributed by atoms with Gasteiger partial charge in [0, 0.05) is 6.20 Å². The molecule has 0 fully saturated rings. The summed E-state index contributed by atoms with van der Waals surface area (Å²) in [5.74, 6) is -0.719. The highest BCUT2D eigenvalue weighted by molar-refractivity contribution is 5.78. The minimum atomic E-state index is -0.515. The molecule has 5 heteroatoms. The van der Waals surface area contributed by atoms with Gasteiger partial charge in [0.15, 0.2) is 0 Å². The third-order valence-electron chi connectivity index (χ3n) is 2.47. The van der Waals surface area contributed by atoms with Crippen LogP contribution in [0.4, 0.5) is 8.78 Å². The SMILES string of the molecule is Fc1ccc(F)c(-c2nc3ccncc3[nH]2)c1. The Hall–Kier alpha value is -2.30. The number of aromatic nitrogens is 3. The highest BCUT2D eigenvalue weighted by Crippen LogP contribution is 2.23. The average molecular weight is 231 g/mol. The first-order chi connectivity index (χ1) is 8.24. The fourth-order valence-corrected chi connectivity index (χ4v) is 1.66. The Morgan fingerprint density at radius 1 is 1.12 bits per heavy atom. The molecule has 0 amide bonds. The number of rotatable bonds is 1. The summed E-state index contributed by atoms with van der Waals surface area (Å²) in [6.45, 7) is 0. The van der Waals surface area contributed by atoms with E-state index in [-0.39, 0.29) is 5.56 Å². The minimum absolute atomic E-state index is 0.112. The lowest BCUT2D eigenvalue weighted by atomic mass is 10.2. The van der Waals surface area contributed by atoms with Crippen molar-refractivity contribution in [3.05, 3.63) is 48.3 Å². The summed E-state index contributed by atoms with van der Waals surface area (Å²) >= 11 is 0. The molecule has 0 radical (unpaired) electrons. The van der Waals surface area contributed by atoms with Gasteiger partial charge in [-0.05, 0) is 24.3 Å². The molecule has 0 bridgehead atoms. The molecule has 0 spiro atoms. The number of hydrogen-bond donors (Lipinski definition) is 1. The van der Waals surface area contributed by atoms with Crippen molar-refractivity contribution >= 4 is 11.0 Å². The third kappa shape index (κ3) is 1.65. The predicted octanol–water partition coefficient (Wildman–Crippen LogP) is 2.90. The lowest BCUT2D eigenvalue weighted by Crippen LogP contribution is -1.87. The molecule has 2 aromatic heterocycles. The molecular formula is C12H7F2N3. The van der Waals surface area contributed by atoms with Crippen LogP contribution in [-0.4, -0.2) is 15.0 Å². The van der Waals surface area contributed by atoms with Gasteiger partial charge < -0.3 is 4.98 Å². The monoisotopic (exact) mass is 231 g/mol. The van der Waals surface area contributed by atoms with E-state index in [9.17, 15) is 8.78 Å². The van der Waals surface area contributed by atoms with E-state index in [0.29, 0.717) is 16.9 Å². The molecule has 1 aromatic carbocycles. The molecule has 0 saturated carbocycles. The van der Waals surface area contributed by atoms with Gasteiger partial charge in [-0.15, -0.1) is 0 Å². The second kappa shape index (κ2) is 3.62. The van der Waals surface area contributed by atoms with Crippen molar-refractivity contribution in [1.29, 1.82) is 0 Å². The van der Waals surface area contributed by atoms with E-state index in [4.69, 9.17) is 0 Å². The molecule has 84 valence electrons. The molecule has 3 rings (SSSR count). The smallest absolute Gasteiger partial charge is 0.141 e. The molecule has 0 saturated heterocycles. The first kappa shape index (κ1) is 9.89. The average Bonchev–Trinajstić information content (AvgIpc) is 2.75. The predicted molar refractivity (Wildman–Crippen MR) is 59.2 cm³/mol. The molecule has 1 N–H and O–H groups in total. The van der Waals surface area contributed by atoms with Crippen LogP contribution in [0.1, 0.15) is 0 Å². The zero-order chi connectivity index (χ0) is 11.8. The van der Waals surface area contributed by atoms with Gasteiger partial charge in [0.1, 0.15) is 17.5 Å². The van der Waals surface area contributed by atoms with Crippen LogP contribution in [0.2, 0.25) is 0 Å². The van der Waals surface area contributed by atoms with Crippen LogP contribution in [0, 0.1) is 11.6 Å². The molecule has 0 aliphatic carbocycles. The molecule has 2 heterocycles. The number of H-pyrrole nitrogens is 1. The Kier molecular flexibility index (Phi) is 2.11. The summed E-state index contributed by atoms with van der Waals surface area (Å²) < 4.78 is 26.6. The Morgan fingerprint density at radius 2 is 2.00 bits per heavy atom. The van der Waals surface area contributed by atoms with Gasteiger partial charge in [0.25, 0.3) is 0 Å². The van der Waals surface area contributed by atoms with E-state index in [2.05, 4.69) is 15.0 Å². The maximum absolute atomic E-state index is 13.5. The Labute approximate surface area is 95.1 Å². The number of pyridine rings is 1. The number of nitrogens with one attached hydrogen (secondary N) is 1. The number of hydrogen-bond acceptors (Lipinski definition) is 2. The fourth-order valence-electron chi connectivity index (χ4n) is 1.66. The van der Waals surface area contributed by atoms with Gasteiger partial charge in [-0.3, -0.25) is 4.98 Å². The molecule has 17 heavy (non-hydrogen) atoms. The normalized spacial score (nSPS) is 10.9. The van der Waals surface area contributed by atoms with Crippen LogP contribution in [0.5, 0.6) is 0 Å². The summed E-state index contributed by atoms with van der Waals surface area (Å²) in [5, 5.41) is 0. The lowest BCUT2D eigenvalue weighted by molar-refractivity contribution is 0.602. The number of aromatic amines is 1. The molecular weight excluding hydrogens is 224 g/mol. The number of imidazole rings is 1. The zero-order valence-corrected chi connectivity index (χ0v) is 8.61. The highest BCUT2D eigenvalue weighted by Gasteiger charge is 2.10. The highest BCUT2D eigenvalue weighted by atomic mass is 19.1. The van der Waals surface area contributed by atoms with E-state index >= 15 is 0 Å². The quantitative estimate of drug-likeness (QED) is 0.699. The fraction of sp³-hybridized carbons (Fsp3) is 0. The Balaban J connectivity index is 2.23. The summed E-state index contributed by atoms with van der Waals surface area (Å²) in [6, 6.07) is 4.96. The van der Waals surface area contributed by atoms with Gasteiger partial charge in [-0.25, -0.2) is 13.8 Å². The van der Waals surface area contributed by atoms with Crippen LogP contribution in [0.3, 0.4) is 0 Å². The van der Waals surface area contributed by atoms with Gasteiger partial charge in [-0.1, -0.05) is 0 Å². The Bertz CT molecular complexity index is 658. The van der Waals surface area contributed by atoms with Crippen LogP contribution >= 0.6 is 0 Å². The van der Waals surface area contributed by atoms with Crippen molar-refractivity contribution in [2.75, 3.05) is 0 Å². The van der Waals surface area contributed by atoms with E-state index in [1.165, 1.54) is 0 Å².